The van der Waals surface area contributed by atoms with Crippen LogP contribution in [0.3, 0.4) is 0 Å². The smallest absolute Gasteiger partial charge is 0.192 e. The first-order chi connectivity index (χ1) is 8.81. The van der Waals surface area contributed by atoms with E-state index in [4.69, 9.17) is 10.7 Å². The van der Waals surface area contributed by atoms with Gasteiger partial charge in [-0.25, -0.2) is 18.9 Å². The second-order valence-electron chi connectivity index (χ2n) is 4.52. The summed E-state index contributed by atoms with van der Waals surface area (Å²) in [4.78, 5) is 0. The minimum Gasteiger partial charge on any atom is -0.330 e. The van der Waals surface area contributed by atoms with Gasteiger partial charge in [0, 0.05) is 6.26 Å². The summed E-state index contributed by atoms with van der Waals surface area (Å²) in [7, 11) is -3.59. The molecule has 1 unspecified atom stereocenters. The van der Waals surface area contributed by atoms with Crippen LogP contribution in [0.5, 0.6) is 0 Å². The molecule has 0 aromatic heterocycles. The third-order valence-corrected chi connectivity index (χ3v) is 4.26. The van der Waals surface area contributed by atoms with Crippen LogP contribution in [0.4, 0.5) is 0 Å². The molecule has 0 fully saturated rings. The molecule has 0 aromatic rings. The van der Waals surface area contributed by atoms with E-state index < -0.39 is 9.84 Å². The van der Waals surface area contributed by atoms with Crippen LogP contribution < -0.4 is 10.7 Å². The van der Waals surface area contributed by atoms with Gasteiger partial charge in [0.05, 0.1) is 6.04 Å². The Bertz CT molecular complexity index is 653. The zero-order valence-corrected chi connectivity index (χ0v) is 11.7. The van der Waals surface area contributed by atoms with Gasteiger partial charge >= 0.3 is 0 Å². The number of nitriles is 1. The van der Waals surface area contributed by atoms with Crippen molar-refractivity contribution >= 4 is 15.7 Å². The van der Waals surface area contributed by atoms with Gasteiger partial charge in [0.2, 0.25) is 0 Å². The maximum Gasteiger partial charge on any atom is 0.192 e. The zero-order valence-electron chi connectivity index (χ0n) is 10.9. The number of fused-ring (bicyclic) bond motifs is 1. The molecule has 0 radical (unpaired) electrons. The van der Waals surface area contributed by atoms with E-state index in [0.717, 1.165) is 18.2 Å². The molecule has 7 nitrogen and oxygen atoms in total. The highest BCUT2D eigenvalue weighted by atomic mass is 32.2. The van der Waals surface area contributed by atoms with Crippen molar-refractivity contribution < 1.29 is 8.42 Å². The molecule has 102 valence electrons. The van der Waals surface area contributed by atoms with Gasteiger partial charge in [-0.2, -0.15) is 5.26 Å². The van der Waals surface area contributed by atoms with Crippen LogP contribution in [-0.2, 0) is 9.84 Å². The lowest BCUT2D eigenvalue weighted by molar-refractivity contribution is 0.356. The average molecular weight is 281 g/mol. The number of hydrazine groups is 1. The summed E-state index contributed by atoms with van der Waals surface area (Å²) < 4.78 is 23.4. The SMILES string of the molecule is CCC1NN2C(=N)C(C#N)=C(S(C)(=O)=O)NC2=C1C. The van der Waals surface area contributed by atoms with E-state index in [1.54, 1.807) is 6.07 Å². The quantitative estimate of drug-likeness (QED) is 0.666. The van der Waals surface area contributed by atoms with E-state index in [1.165, 1.54) is 5.01 Å². The number of sulfone groups is 1. The van der Waals surface area contributed by atoms with E-state index in [-0.39, 0.29) is 22.5 Å². The maximum absolute atomic E-state index is 11.7. The molecule has 1 atom stereocenters. The molecule has 0 aliphatic carbocycles. The molecule has 2 aliphatic rings. The van der Waals surface area contributed by atoms with Crippen molar-refractivity contribution in [2.45, 2.75) is 26.3 Å². The zero-order chi connectivity index (χ0) is 14.4. The number of hydrogen-bond donors (Lipinski definition) is 3. The predicted octanol–water partition coefficient (Wildman–Crippen LogP) is 0.177. The van der Waals surface area contributed by atoms with Crippen LogP contribution in [0.15, 0.2) is 22.0 Å². The van der Waals surface area contributed by atoms with Crippen LogP contribution in [0.2, 0.25) is 0 Å². The lowest BCUT2D eigenvalue weighted by atomic mass is 10.1. The Labute approximate surface area is 112 Å². The molecule has 8 heteroatoms. The van der Waals surface area contributed by atoms with Crippen molar-refractivity contribution in [3.05, 3.63) is 22.0 Å². The number of hydrogen-bond acceptors (Lipinski definition) is 6. The van der Waals surface area contributed by atoms with Crippen molar-refractivity contribution in [1.82, 2.24) is 15.8 Å². The van der Waals surface area contributed by atoms with E-state index >= 15 is 0 Å². The highest BCUT2D eigenvalue weighted by molar-refractivity contribution is 7.94. The fourth-order valence-corrected chi connectivity index (χ4v) is 2.95. The lowest BCUT2D eigenvalue weighted by Crippen LogP contribution is -2.48. The summed E-state index contributed by atoms with van der Waals surface area (Å²) in [5, 5.41) is 21.1. The maximum atomic E-state index is 11.7. The lowest BCUT2D eigenvalue weighted by Gasteiger charge is -2.29. The summed E-state index contributed by atoms with van der Waals surface area (Å²) in [6.07, 6.45) is 1.82. The highest BCUT2D eigenvalue weighted by Crippen LogP contribution is 2.28. The van der Waals surface area contributed by atoms with Crippen LogP contribution in [0.1, 0.15) is 20.3 Å². The first kappa shape index (κ1) is 13.6. The number of rotatable bonds is 2. The third-order valence-electron chi connectivity index (χ3n) is 3.22. The molecule has 0 saturated heterocycles. The minimum atomic E-state index is -3.59. The Hall–Kier alpha value is -1.85. The standard InChI is InChI=1S/C11H15N5O2S/c1-4-8-6(2)10-14-11(19(3,17)18)7(5-12)9(13)16(10)15-8/h8,13-15H,4H2,1-3H3. The van der Waals surface area contributed by atoms with Gasteiger partial charge in [-0.1, -0.05) is 6.92 Å². The monoisotopic (exact) mass is 281 g/mol. The van der Waals surface area contributed by atoms with Gasteiger partial charge in [0.1, 0.15) is 17.5 Å². The van der Waals surface area contributed by atoms with Gasteiger partial charge in [0.15, 0.2) is 20.7 Å². The van der Waals surface area contributed by atoms with E-state index in [2.05, 4.69) is 10.7 Å². The number of nitrogens with one attached hydrogen (secondary N) is 3. The van der Waals surface area contributed by atoms with Crippen molar-refractivity contribution in [2.24, 2.45) is 0 Å². The van der Waals surface area contributed by atoms with Gasteiger partial charge in [0.25, 0.3) is 0 Å². The predicted molar refractivity (Wildman–Crippen MR) is 70.1 cm³/mol. The molecular weight excluding hydrogens is 266 g/mol. The Morgan fingerprint density at radius 3 is 2.63 bits per heavy atom. The molecule has 0 aromatic carbocycles. The topological polar surface area (TPSA) is 109 Å². The molecular formula is C11H15N5O2S. The average Bonchev–Trinajstić information content (AvgIpc) is 2.65. The Balaban J connectivity index is 2.59. The van der Waals surface area contributed by atoms with Crippen molar-refractivity contribution in [1.29, 1.82) is 10.7 Å². The fourth-order valence-electron chi connectivity index (χ4n) is 2.16. The highest BCUT2D eigenvalue weighted by Gasteiger charge is 2.38. The largest absolute Gasteiger partial charge is 0.330 e. The Morgan fingerprint density at radius 2 is 2.16 bits per heavy atom. The van der Waals surface area contributed by atoms with E-state index in [9.17, 15) is 8.42 Å². The second kappa shape index (κ2) is 4.36. The molecule has 0 amide bonds. The first-order valence-electron chi connectivity index (χ1n) is 5.78. The minimum absolute atomic E-state index is 0.0294. The molecule has 0 bridgehead atoms. The summed E-state index contributed by atoms with van der Waals surface area (Å²) in [6.45, 7) is 3.86. The van der Waals surface area contributed by atoms with Crippen molar-refractivity contribution in [3.63, 3.8) is 0 Å². The van der Waals surface area contributed by atoms with Crippen molar-refractivity contribution in [2.75, 3.05) is 6.26 Å². The molecule has 0 saturated carbocycles. The Morgan fingerprint density at radius 1 is 1.53 bits per heavy atom. The number of amidine groups is 1. The summed E-state index contributed by atoms with van der Waals surface area (Å²) in [5.74, 6) is 0.378. The van der Waals surface area contributed by atoms with E-state index in [0.29, 0.717) is 5.82 Å². The first-order valence-corrected chi connectivity index (χ1v) is 7.67. The molecule has 2 rings (SSSR count). The summed E-state index contributed by atoms with van der Waals surface area (Å²) in [6, 6.07) is 1.81. The van der Waals surface area contributed by atoms with Crippen LogP contribution in [0.25, 0.3) is 0 Å². The Kier molecular flexibility index (Phi) is 3.12. The molecule has 2 heterocycles. The molecule has 3 N–H and O–H groups in total. The van der Waals surface area contributed by atoms with Crippen LogP contribution in [-0.4, -0.2) is 31.6 Å². The van der Waals surface area contributed by atoms with Crippen LogP contribution >= 0.6 is 0 Å². The normalized spacial score (nSPS) is 23.4. The fraction of sp³-hybridized carbons (Fsp3) is 0.455. The second-order valence-corrected chi connectivity index (χ2v) is 6.47. The van der Waals surface area contributed by atoms with Gasteiger partial charge < -0.3 is 5.32 Å². The summed E-state index contributed by atoms with van der Waals surface area (Å²) in [5.41, 5.74) is 3.81. The molecule has 2 aliphatic heterocycles. The van der Waals surface area contributed by atoms with Crippen molar-refractivity contribution in [3.8, 4) is 6.07 Å². The molecule has 0 spiro atoms. The van der Waals surface area contributed by atoms with Gasteiger partial charge in [-0.3, -0.25) is 5.41 Å². The van der Waals surface area contributed by atoms with Gasteiger partial charge in [-0.05, 0) is 18.9 Å². The van der Waals surface area contributed by atoms with E-state index in [1.807, 2.05) is 13.8 Å². The van der Waals surface area contributed by atoms with Crippen LogP contribution in [0, 0.1) is 16.7 Å². The third kappa shape index (κ3) is 2.01. The summed E-state index contributed by atoms with van der Waals surface area (Å²) >= 11 is 0. The molecule has 19 heavy (non-hydrogen) atoms. The van der Waals surface area contributed by atoms with Gasteiger partial charge in [-0.15, -0.1) is 0 Å². The number of nitrogens with zero attached hydrogens (tertiary/aromatic N) is 2.